The molecule has 0 unspecified atom stereocenters. The number of nitriles is 1. The topological polar surface area (TPSA) is 40.8 Å². The van der Waals surface area contributed by atoms with Crippen LogP contribution in [0.2, 0.25) is 0 Å². The van der Waals surface area contributed by atoms with E-state index in [4.69, 9.17) is 4.42 Å². The van der Waals surface area contributed by atoms with E-state index in [0.717, 1.165) is 62.7 Å². The van der Waals surface area contributed by atoms with Gasteiger partial charge in [-0.1, -0.05) is 45.2 Å². The number of pyridine rings is 1. The van der Waals surface area contributed by atoms with E-state index >= 15 is 0 Å². The largest absolute Gasteiger partial charge is 0.455 e. The number of hydrogen-bond acceptors (Lipinski definition) is 2. The minimum atomic E-state index is 0.290. The van der Waals surface area contributed by atoms with Gasteiger partial charge in [0.05, 0.1) is 17.2 Å². The number of benzene rings is 2. The van der Waals surface area contributed by atoms with Gasteiger partial charge in [0.1, 0.15) is 18.2 Å². The van der Waals surface area contributed by atoms with Crippen molar-refractivity contribution in [3.05, 3.63) is 64.8 Å². The molecule has 0 atom stereocenters. The molecule has 1 aliphatic carbocycles. The van der Waals surface area contributed by atoms with Crippen LogP contribution in [0.5, 0.6) is 0 Å². The molecule has 2 heterocycles. The summed E-state index contributed by atoms with van der Waals surface area (Å²) in [7, 11) is 2.08. The van der Waals surface area contributed by atoms with E-state index in [-0.39, 0.29) is 5.92 Å². The molecule has 1 saturated carbocycles. The molecule has 1 fully saturated rings. The molecule has 0 bridgehead atoms. The number of fused-ring (bicyclic) bond motifs is 3. The summed E-state index contributed by atoms with van der Waals surface area (Å²) in [5.74, 6) is 0.690. The van der Waals surface area contributed by atoms with Gasteiger partial charge >= 0.3 is 0 Å². The van der Waals surface area contributed by atoms with Gasteiger partial charge in [0, 0.05) is 28.5 Å². The SMILES string of the molecule is Cc1ccc2c(oc3c(C4CCCCC4)c(C#N)c(C(C)C)cc32)c1-c1cccc[n+]1C. The van der Waals surface area contributed by atoms with E-state index in [1.54, 1.807) is 0 Å². The Morgan fingerprint density at radius 3 is 2.50 bits per heavy atom. The molecule has 32 heavy (non-hydrogen) atoms. The number of aryl methyl sites for hydroxylation is 2. The Kier molecular flexibility index (Phi) is 5.25. The molecule has 0 saturated heterocycles. The van der Waals surface area contributed by atoms with Crippen LogP contribution in [0, 0.1) is 18.3 Å². The highest BCUT2D eigenvalue weighted by Crippen LogP contribution is 2.45. The lowest BCUT2D eigenvalue weighted by molar-refractivity contribution is -0.660. The fourth-order valence-electron chi connectivity index (χ4n) is 5.58. The highest BCUT2D eigenvalue weighted by atomic mass is 16.3. The maximum absolute atomic E-state index is 10.2. The summed E-state index contributed by atoms with van der Waals surface area (Å²) in [6.07, 6.45) is 8.11. The zero-order valence-electron chi connectivity index (χ0n) is 19.5. The third kappa shape index (κ3) is 3.21. The van der Waals surface area contributed by atoms with Crippen LogP contribution in [0.3, 0.4) is 0 Å². The fraction of sp³-hybridized carbons (Fsp3) is 0.379. The second-order valence-corrected chi connectivity index (χ2v) is 9.67. The third-order valence-corrected chi connectivity index (χ3v) is 7.27. The quantitative estimate of drug-likeness (QED) is 0.321. The molecule has 0 aliphatic heterocycles. The van der Waals surface area contributed by atoms with Crippen LogP contribution in [-0.4, -0.2) is 0 Å². The molecule has 2 aromatic carbocycles. The highest BCUT2D eigenvalue weighted by Gasteiger charge is 2.28. The Hall–Kier alpha value is -3.12. The minimum absolute atomic E-state index is 0.290. The van der Waals surface area contributed by atoms with Crippen LogP contribution < -0.4 is 4.57 Å². The Labute approximate surface area is 190 Å². The standard InChI is InChI=1S/C29H31N2O/c1-18(2)22-16-23-21-14-13-19(3)26(25-12-8-9-15-31(25)4)28(21)32-29(23)27(24(22)17-30)20-10-6-5-7-11-20/h8-9,12-16,18,20H,5-7,10-11H2,1-4H3/q+1. The van der Waals surface area contributed by atoms with Gasteiger partial charge in [0.15, 0.2) is 6.20 Å². The third-order valence-electron chi connectivity index (χ3n) is 7.27. The first-order chi connectivity index (χ1) is 15.5. The Morgan fingerprint density at radius 1 is 1.03 bits per heavy atom. The summed E-state index contributed by atoms with van der Waals surface area (Å²) in [4.78, 5) is 0. The van der Waals surface area contributed by atoms with Crippen molar-refractivity contribution in [2.75, 3.05) is 0 Å². The van der Waals surface area contributed by atoms with Gasteiger partial charge in [0.25, 0.3) is 0 Å². The monoisotopic (exact) mass is 423 g/mol. The summed E-state index contributed by atoms with van der Waals surface area (Å²) in [6.45, 7) is 6.53. The number of nitrogens with zero attached hydrogens (tertiary/aromatic N) is 2. The first kappa shape index (κ1) is 20.8. The highest BCUT2D eigenvalue weighted by molar-refractivity contribution is 6.11. The van der Waals surface area contributed by atoms with Gasteiger partial charge in [-0.2, -0.15) is 5.26 Å². The maximum atomic E-state index is 10.2. The van der Waals surface area contributed by atoms with Crippen molar-refractivity contribution in [3.63, 3.8) is 0 Å². The molecule has 0 N–H and O–H groups in total. The van der Waals surface area contributed by atoms with E-state index in [0.29, 0.717) is 5.92 Å². The minimum Gasteiger partial charge on any atom is -0.455 e. The first-order valence-corrected chi connectivity index (χ1v) is 11.9. The van der Waals surface area contributed by atoms with Gasteiger partial charge in [-0.05, 0) is 54.9 Å². The molecule has 162 valence electrons. The van der Waals surface area contributed by atoms with Gasteiger partial charge in [-0.3, -0.25) is 0 Å². The number of furan rings is 1. The lowest BCUT2D eigenvalue weighted by Crippen LogP contribution is -2.30. The van der Waals surface area contributed by atoms with Crippen LogP contribution in [0.25, 0.3) is 33.2 Å². The molecule has 3 nitrogen and oxygen atoms in total. The van der Waals surface area contributed by atoms with Crippen molar-refractivity contribution in [2.45, 2.75) is 64.7 Å². The van der Waals surface area contributed by atoms with Gasteiger partial charge in [0.2, 0.25) is 5.69 Å². The lowest BCUT2D eigenvalue weighted by atomic mass is 9.79. The number of hydrogen-bond donors (Lipinski definition) is 0. The lowest BCUT2D eigenvalue weighted by Gasteiger charge is -2.24. The van der Waals surface area contributed by atoms with Crippen molar-refractivity contribution < 1.29 is 8.98 Å². The van der Waals surface area contributed by atoms with Crippen LogP contribution in [0.15, 0.2) is 47.0 Å². The molecule has 4 aromatic rings. The number of rotatable bonds is 3. The second kappa shape index (κ2) is 8.10. The molecule has 0 radical (unpaired) electrons. The molecule has 2 aromatic heterocycles. The van der Waals surface area contributed by atoms with Crippen molar-refractivity contribution in [3.8, 4) is 17.3 Å². The van der Waals surface area contributed by atoms with E-state index in [1.165, 1.54) is 24.8 Å². The van der Waals surface area contributed by atoms with Crippen molar-refractivity contribution in [1.82, 2.24) is 0 Å². The summed E-state index contributed by atoms with van der Waals surface area (Å²) >= 11 is 0. The summed E-state index contributed by atoms with van der Waals surface area (Å²) in [6, 6.07) is 15.5. The Balaban J connectivity index is 1.91. The molecule has 0 spiro atoms. The van der Waals surface area contributed by atoms with Crippen LogP contribution in [-0.2, 0) is 7.05 Å². The van der Waals surface area contributed by atoms with Crippen molar-refractivity contribution in [1.29, 1.82) is 5.26 Å². The summed E-state index contributed by atoms with van der Waals surface area (Å²) < 4.78 is 8.92. The molecular formula is C29H31N2O+. The Morgan fingerprint density at radius 2 is 1.81 bits per heavy atom. The summed E-state index contributed by atoms with van der Waals surface area (Å²) in [5.41, 5.74) is 8.49. The van der Waals surface area contributed by atoms with E-state index < -0.39 is 0 Å². The molecule has 3 heteroatoms. The summed E-state index contributed by atoms with van der Waals surface area (Å²) in [5, 5.41) is 12.5. The van der Waals surface area contributed by atoms with Crippen LogP contribution in [0.4, 0.5) is 0 Å². The molecular weight excluding hydrogens is 392 g/mol. The van der Waals surface area contributed by atoms with Crippen molar-refractivity contribution in [2.24, 2.45) is 7.05 Å². The first-order valence-electron chi connectivity index (χ1n) is 11.9. The maximum Gasteiger partial charge on any atom is 0.216 e. The second-order valence-electron chi connectivity index (χ2n) is 9.67. The Bertz CT molecular complexity index is 1360. The average Bonchev–Trinajstić information content (AvgIpc) is 3.17. The zero-order valence-corrected chi connectivity index (χ0v) is 19.5. The predicted octanol–water partition coefficient (Wildman–Crippen LogP) is 7.43. The molecule has 0 amide bonds. The zero-order chi connectivity index (χ0) is 22.4. The normalized spacial score (nSPS) is 15.0. The number of aromatic nitrogens is 1. The fourth-order valence-corrected chi connectivity index (χ4v) is 5.58. The van der Waals surface area contributed by atoms with E-state index in [9.17, 15) is 5.26 Å². The van der Waals surface area contributed by atoms with E-state index in [2.05, 4.69) is 75.0 Å². The van der Waals surface area contributed by atoms with E-state index in [1.807, 2.05) is 6.07 Å². The predicted molar refractivity (Wildman–Crippen MR) is 130 cm³/mol. The van der Waals surface area contributed by atoms with Gasteiger partial charge in [-0.15, -0.1) is 0 Å². The van der Waals surface area contributed by atoms with Crippen molar-refractivity contribution >= 4 is 21.9 Å². The van der Waals surface area contributed by atoms with Gasteiger partial charge in [-0.25, -0.2) is 4.57 Å². The van der Waals surface area contributed by atoms with Gasteiger partial charge < -0.3 is 4.42 Å². The average molecular weight is 424 g/mol. The van der Waals surface area contributed by atoms with Crippen LogP contribution >= 0.6 is 0 Å². The smallest absolute Gasteiger partial charge is 0.216 e. The molecule has 5 rings (SSSR count). The van der Waals surface area contributed by atoms with Crippen LogP contribution in [0.1, 0.15) is 80.0 Å². The molecule has 1 aliphatic rings.